The van der Waals surface area contributed by atoms with Gasteiger partial charge in [-0.15, -0.1) is 11.3 Å². The summed E-state index contributed by atoms with van der Waals surface area (Å²) in [5.74, 6) is 0. The van der Waals surface area contributed by atoms with E-state index in [1.807, 2.05) is 0 Å². The summed E-state index contributed by atoms with van der Waals surface area (Å²) in [6, 6.07) is 7.14. The van der Waals surface area contributed by atoms with E-state index in [1.165, 1.54) is 42.7 Å². The van der Waals surface area contributed by atoms with E-state index in [0.29, 0.717) is 6.04 Å². The van der Waals surface area contributed by atoms with Gasteiger partial charge in [0.25, 0.3) is 0 Å². The molecule has 1 fully saturated rings. The number of likely N-dealkylation sites (tertiary alicyclic amines) is 1. The van der Waals surface area contributed by atoms with Crippen molar-refractivity contribution in [2.45, 2.75) is 32.2 Å². The summed E-state index contributed by atoms with van der Waals surface area (Å²) < 4.78 is 1.29. The number of nitrogens with zero attached hydrogens (tertiary/aromatic N) is 2. The molecule has 19 heavy (non-hydrogen) atoms. The molecular formula is C15H21N3S. The van der Waals surface area contributed by atoms with Crippen molar-refractivity contribution in [3.05, 3.63) is 23.2 Å². The van der Waals surface area contributed by atoms with E-state index in [-0.39, 0.29) is 0 Å². The second kappa shape index (κ2) is 5.47. The van der Waals surface area contributed by atoms with Gasteiger partial charge in [0.2, 0.25) is 0 Å². The maximum Gasteiger partial charge on any atom is 0.0907 e. The molecule has 1 unspecified atom stereocenters. The Morgan fingerprint density at radius 2 is 2.21 bits per heavy atom. The fourth-order valence-corrected chi connectivity index (χ4v) is 3.62. The van der Waals surface area contributed by atoms with Crippen LogP contribution < -0.4 is 5.32 Å². The van der Waals surface area contributed by atoms with Gasteiger partial charge in [-0.2, -0.15) is 0 Å². The largest absolute Gasteiger partial charge is 0.382 e. The van der Waals surface area contributed by atoms with E-state index in [2.05, 4.69) is 47.4 Å². The number of anilines is 1. The summed E-state index contributed by atoms with van der Waals surface area (Å²) in [7, 11) is 2.22. The van der Waals surface area contributed by atoms with Gasteiger partial charge in [-0.05, 0) is 64.5 Å². The van der Waals surface area contributed by atoms with Crippen LogP contribution in [0.15, 0.2) is 18.2 Å². The molecule has 0 bridgehead atoms. The monoisotopic (exact) mass is 275 g/mol. The van der Waals surface area contributed by atoms with E-state index in [9.17, 15) is 0 Å². The van der Waals surface area contributed by atoms with E-state index in [0.717, 1.165) is 10.5 Å². The number of hydrogen-bond acceptors (Lipinski definition) is 4. The van der Waals surface area contributed by atoms with Crippen LogP contribution in [0.2, 0.25) is 0 Å². The second-order valence-electron chi connectivity index (χ2n) is 5.49. The quantitative estimate of drug-likeness (QED) is 0.909. The van der Waals surface area contributed by atoms with Crippen molar-refractivity contribution in [3.8, 4) is 0 Å². The average molecular weight is 275 g/mol. The predicted octanol–water partition coefficient (Wildman–Crippen LogP) is 3.50. The Hall–Kier alpha value is -1.13. The summed E-state index contributed by atoms with van der Waals surface area (Å²) in [6.07, 6.45) is 3.79. The Morgan fingerprint density at radius 1 is 1.32 bits per heavy atom. The van der Waals surface area contributed by atoms with Crippen molar-refractivity contribution in [1.29, 1.82) is 0 Å². The topological polar surface area (TPSA) is 28.2 Å². The SMILES string of the molecule is Cc1nc2ccc(NC3CCCN(C)CC3)cc2s1. The van der Waals surface area contributed by atoms with Gasteiger partial charge >= 0.3 is 0 Å². The van der Waals surface area contributed by atoms with Crippen molar-refractivity contribution in [3.63, 3.8) is 0 Å². The Balaban J connectivity index is 1.73. The molecule has 1 saturated heterocycles. The van der Waals surface area contributed by atoms with Gasteiger partial charge < -0.3 is 10.2 Å². The number of aryl methyl sites for hydroxylation is 1. The summed E-state index contributed by atoms with van der Waals surface area (Å²) in [6.45, 7) is 4.49. The minimum Gasteiger partial charge on any atom is -0.382 e. The molecule has 0 spiro atoms. The molecule has 0 saturated carbocycles. The van der Waals surface area contributed by atoms with Crippen LogP contribution in [0.3, 0.4) is 0 Å². The first-order valence-electron chi connectivity index (χ1n) is 7.03. The highest BCUT2D eigenvalue weighted by molar-refractivity contribution is 7.18. The number of rotatable bonds is 2. The van der Waals surface area contributed by atoms with Crippen LogP contribution in [-0.2, 0) is 0 Å². The van der Waals surface area contributed by atoms with Gasteiger partial charge in [0.15, 0.2) is 0 Å². The molecule has 3 rings (SSSR count). The maximum absolute atomic E-state index is 4.51. The molecule has 1 aromatic heterocycles. The van der Waals surface area contributed by atoms with Crippen LogP contribution in [0.1, 0.15) is 24.3 Å². The summed E-state index contributed by atoms with van der Waals surface area (Å²) in [4.78, 5) is 6.94. The van der Waals surface area contributed by atoms with Gasteiger partial charge in [-0.3, -0.25) is 0 Å². The zero-order valence-electron chi connectivity index (χ0n) is 11.6. The third-order valence-electron chi connectivity index (χ3n) is 3.82. The fraction of sp³-hybridized carbons (Fsp3) is 0.533. The van der Waals surface area contributed by atoms with Crippen LogP contribution in [0.25, 0.3) is 10.2 Å². The summed E-state index contributed by atoms with van der Waals surface area (Å²) in [5.41, 5.74) is 2.36. The normalized spacial score (nSPS) is 21.5. The number of thiazole rings is 1. The number of hydrogen-bond donors (Lipinski definition) is 1. The van der Waals surface area contributed by atoms with E-state index < -0.39 is 0 Å². The Bertz CT molecular complexity index is 564. The van der Waals surface area contributed by atoms with E-state index >= 15 is 0 Å². The zero-order valence-corrected chi connectivity index (χ0v) is 12.5. The third kappa shape index (κ3) is 3.07. The second-order valence-corrected chi connectivity index (χ2v) is 6.73. The van der Waals surface area contributed by atoms with E-state index in [4.69, 9.17) is 0 Å². The highest BCUT2D eigenvalue weighted by Crippen LogP contribution is 2.26. The lowest BCUT2D eigenvalue weighted by Crippen LogP contribution is -2.22. The molecule has 0 aliphatic carbocycles. The molecule has 0 amide bonds. The molecule has 2 heterocycles. The molecule has 1 N–H and O–H groups in total. The first kappa shape index (κ1) is 12.9. The van der Waals surface area contributed by atoms with E-state index in [1.54, 1.807) is 11.3 Å². The van der Waals surface area contributed by atoms with Gasteiger partial charge in [0.05, 0.1) is 15.2 Å². The lowest BCUT2D eigenvalue weighted by atomic mass is 10.1. The third-order valence-corrected chi connectivity index (χ3v) is 4.75. The molecule has 0 radical (unpaired) electrons. The molecular weight excluding hydrogens is 254 g/mol. The van der Waals surface area contributed by atoms with Crippen molar-refractivity contribution < 1.29 is 0 Å². The zero-order chi connectivity index (χ0) is 13.2. The number of nitrogens with one attached hydrogen (secondary N) is 1. The van der Waals surface area contributed by atoms with Crippen LogP contribution in [0.4, 0.5) is 5.69 Å². The maximum atomic E-state index is 4.51. The van der Waals surface area contributed by atoms with Crippen molar-refractivity contribution in [1.82, 2.24) is 9.88 Å². The fourth-order valence-electron chi connectivity index (χ4n) is 2.75. The molecule has 4 heteroatoms. The molecule has 2 aromatic rings. The van der Waals surface area contributed by atoms with Crippen molar-refractivity contribution in [2.24, 2.45) is 0 Å². The average Bonchev–Trinajstić information content (AvgIpc) is 2.62. The molecule has 1 aliphatic rings. The molecule has 1 aliphatic heterocycles. The lowest BCUT2D eigenvalue weighted by Gasteiger charge is -2.18. The summed E-state index contributed by atoms with van der Waals surface area (Å²) >= 11 is 1.77. The first-order valence-corrected chi connectivity index (χ1v) is 7.84. The highest BCUT2D eigenvalue weighted by atomic mass is 32.1. The molecule has 1 aromatic carbocycles. The summed E-state index contributed by atoms with van der Waals surface area (Å²) in [5, 5.41) is 4.84. The number of benzene rings is 1. The Labute approximate surface area is 118 Å². The standard InChI is InChI=1S/C15H21N3S/c1-11-16-14-6-5-13(10-15(14)19-11)17-12-4-3-8-18(2)9-7-12/h5-6,10,12,17H,3-4,7-9H2,1-2H3. The minimum atomic E-state index is 0.608. The minimum absolute atomic E-state index is 0.608. The van der Waals surface area contributed by atoms with Crippen LogP contribution in [0, 0.1) is 6.92 Å². The van der Waals surface area contributed by atoms with Crippen LogP contribution in [-0.4, -0.2) is 36.1 Å². The molecule has 1 atom stereocenters. The predicted molar refractivity (Wildman–Crippen MR) is 83.1 cm³/mol. The lowest BCUT2D eigenvalue weighted by molar-refractivity contribution is 0.348. The van der Waals surface area contributed by atoms with Gasteiger partial charge in [-0.1, -0.05) is 0 Å². The van der Waals surface area contributed by atoms with Crippen molar-refractivity contribution in [2.75, 3.05) is 25.5 Å². The number of fused-ring (bicyclic) bond motifs is 1. The Kier molecular flexibility index (Phi) is 3.71. The van der Waals surface area contributed by atoms with Crippen molar-refractivity contribution >= 4 is 27.2 Å². The van der Waals surface area contributed by atoms with Gasteiger partial charge in [-0.25, -0.2) is 4.98 Å². The molecule has 3 nitrogen and oxygen atoms in total. The first-order chi connectivity index (χ1) is 9.20. The smallest absolute Gasteiger partial charge is 0.0907 e. The number of aromatic nitrogens is 1. The van der Waals surface area contributed by atoms with Crippen LogP contribution >= 0.6 is 11.3 Å². The van der Waals surface area contributed by atoms with Crippen LogP contribution in [0.5, 0.6) is 0 Å². The Morgan fingerprint density at radius 3 is 3.11 bits per heavy atom. The van der Waals surface area contributed by atoms with Gasteiger partial charge in [0.1, 0.15) is 0 Å². The highest BCUT2D eigenvalue weighted by Gasteiger charge is 2.14. The molecule has 102 valence electrons. The van der Waals surface area contributed by atoms with Gasteiger partial charge in [0, 0.05) is 11.7 Å².